The van der Waals surface area contributed by atoms with Crippen LogP contribution in [0.1, 0.15) is 37.7 Å². The van der Waals surface area contributed by atoms with Crippen LogP contribution in [-0.4, -0.2) is 27.4 Å². The summed E-state index contributed by atoms with van der Waals surface area (Å²) >= 11 is 0. The van der Waals surface area contributed by atoms with Crippen LogP contribution in [0.25, 0.3) is 0 Å². The molecule has 1 aliphatic carbocycles. The lowest BCUT2D eigenvalue weighted by atomic mass is 10.0. The standard InChI is InChI=1S/C16H24N2O3S/c1-13-6-8-15(9-7-13)22(20,21)18-11-10-17-16(19)12-14-4-2-3-5-14/h6-9,14,18H,2-5,10-12H2,1H3,(H,17,19). The number of hydrogen-bond donors (Lipinski definition) is 2. The lowest BCUT2D eigenvalue weighted by Gasteiger charge is -2.10. The normalized spacial score (nSPS) is 15.9. The fraction of sp³-hybridized carbons (Fsp3) is 0.562. The number of amides is 1. The van der Waals surface area contributed by atoms with Crippen molar-refractivity contribution in [2.45, 2.75) is 43.9 Å². The minimum atomic E-state index is -3.50. The smallest absolute Gasteiger partial charge is 0.240 e. The van der Waals surface area contributed by atoms with E-state index in [0.29, 0.717) is 18.9 Å². The van der Waals surface area contributed by atoms with Crippen LogP contribution < -0.4 is 10.0 Å². The molecule has 1 amide bonds. The van der Waals surface area contributed by atoms with Crippen molar-refractivity contribution in [2.24, 2.45) is 5.92 Å². The van der Waals surface area contributed by atoms with Crippen LogP contribution in [-0.2, 0) is 14.8 Å². The maximum Gasteiger partial charge on any atom is 0.240 e. The Bertz CT molecular complexity index is 590. The zero-order valence-corrected chi connectivity index (χ0v) is 13.8. The van der Waals surface area contributed by atoms with Crippen molar-refractivity contribution < 1.29 is 13.2 Å². The number of aryl methyl sites for hydroxylation is 1. The van der Waals surface area contributed by atoms with E-state index in [-0.39, 0.29) is 17.3 Å². The molecule has 2 rings (SSSR count). The number of carbonyl (C=O) groups is 1. The molecule has 0 spiro atoms. The van der Waals surface area contributed by atoms with Crippen LogP contribution in [0, 0.1) is 12.8 Å². The third kappa shape index (κ3) is 5.10. The van der Waals surface area contributed by atoms with Crippen LogP contribution in [0.2, 0.25) is 0 Å². The summed E-state index contributed by atoms with van der Waals surface area (Å²) in [4.78, 5) is 12.0. The van der Waals surface area contributed by atoms with E-state index in [4.69, 9.17) is 0 Å². The van der Waals surface area contributed by atoms with E-state index < -0.39 is 10.0 Å². The number of nitrogens with one attached hydrogen (secondary N) is 2. The Hall–Kier alpha value is -1.40. The summed E-state index contributed by atoms with van der Waals surface area (Å²) < 4.78 is 26.6. The average Bonchev–Trinajstić information content (AvgIpc) is 2.97. The van der Waals surface area contributed by atoms with Crippen molar-refractivity contribution >= 4 is 15.9 Å². The highest BCUT2D eigenvalue weighted by Crippen LogP contribution is 2.27. The molecular weight excluding hydrogens is 300 g/mol. The number of carbonyl (C=O) groups excluding carboxylic acids is 1. The Morgan fingerprint density at radius 3 is 2.41 bits per heavy atom. The number of rotatable bonds is 7. The van der Waals surface area contributed by atoms with Gasteiger partial charge in [-0.25, -0.2) is 13.1 Å². The van der Waals surface area contributed by atoms with Crippen LogP contribution >= 0.6 is 0 Å². The predicted octanol–water partition coefficient (Wildman–Crippen LogP) is 1.97. The summed E-state index contributed by atoms with van der Waals surface area (Å²) in [6.45, 7) is 2.42. The van der Waals surface area contributed by atoms with Gasteiger partial charge in [0.25, 0.3) is 0 Å². The molecule has 2 N–H and O–H groups in total. The minimum absolute atomic E-state index is 0.0152. The van der Waals surface area contributed by atoms with Crippen molar-refractivity contribution in [1.82, 2.24) is 10.0 Å². The van der Waals surface area contributed by atoms with Crippen LogP contribution in [0.15, 0.2) is 29.2 Å². The van der Waals surface area contributed by atoms with Gasteiger partial charge in [-0.2, -0.15) is 0 Å². The second-order valence-corrected chi connectivity index (χ2v) is 7.68. The topological polar surface area (TPSA) is 75.3 Å². The molecule has 1 aliphatic rings. The Kier molecular flexibility index (Phi) is 5.97. The molecule has 22 heavy (non-hydrogen) atoms. The first-order chi connectivity index (χ1) is 10.5. The number of benzene rings is 1. The van der Waals surface area contributed by atoms with Crippen molar-refractivity contribution in [3.05, 3.63) is 29.8 Å². The third-order valence-corrected chi connectivity index (χ3v) is 5.50. The van der Waals surface area contributed by atoms with E-state index in [0.717, 1.165) is 18.4 Å². The molecular formula is C16H24N2O3S. The highest BCUT2D eigenvalue weighted by atomic mass is 32.2. The van der Waals surface area contributed by atoms with Crippen molar-refractivity contribution in [3.63, 3.8) is 0 Å². The SMILES string of the molecule is Cc1ccc(S(=O)(=O)NCCNC(=O)CC2CCCC2)cc1. The van der Waals surface area contributed by atoms with Gasteiger partial charge in [0.2, 0.25) is 15.9 Å². The van der Waals surface area contributed by atoms with E-state index in [1.807, 2.05) is 6.92 Å². The Labute approximate surface area is 132 Å². The molecule has 122 valence electrons. The lowest BCUT2D eigenvalue weighted by Crippen LogP contribution is -2.35. The van der Waals surface area contributed by atoms with Gasteiger partial charge >= 0.3 is 0 Å². The monoisotopic (exact) mass is 324 g/mol. The summed E-state index contributed by atoms with van der Waals surface area (Å²) in [5, 5.41) is 2.78. The van der Waals surface area contributed by atoms with E-state index >= 15 is 0 Å². The lowest BCUT2D eigenvalue weighted by molar-refractivity contribution is -0.121. The highest BCUT2D eigenvalue weighted by molar-refractivity contribution is 7.89. The third-order valence-electron chi connectivity index (χ3n) is 4.02. The van der Waals surface area contributed by atoms with Gasteiger partial charge in [-0.1, -0.05) is 30.5 Å². The molecule has 0 aromatic heterocycles. The van der Waals surface area contributed by atoms with Gasteiger partial charge in [0.15, 0.2) is 0 Å². The van der Waals surface area contributed by atoms with Gasteiger partial charge in [0.05, 0.1) is 4.90 Å². The maximum atomic E-state index is 12.0. The number of hydrogen-bond acceptors (Lipinski definition) is 3. The van der Waals surface area contributed by atoms with Gasteiger partial charge < -0.3 is 5.32 Å². The summed E-state index contributed by atoms with van der Waals surface area (Å²) in [5.41, 5.74) is 1.01. The van der Waals surface area contributed by atoms with E-state index in [9.17, 15) is 13.2 Å². The van der Waals surface area contributed by atoms with E-state index in [2.05, 4.69) is 10.0 Å². The molecule has 0 saturated heterocycles. The van der Waals surface area contributed by atoms with Crippen molar-refractivity contribution in [1.29, 1.82) is 0 Å². The fourth-order valence-electron chi connectivity index (χ4n) is 2.74. The Morgan fingerprint density at radius 2 is 1.77 bits per heavy atom. The quantitative estimate of drug-likeness (QED) is 0.753. The molecule has 0 unspecified atom stereocenters. The molecule has 1 aromatic rings. The van der Waals surface area contributed by atoms with Gasteiger partial charge in [-0.15, -0.1) is 0 Å². The zero-order chi connectivity index (χ0) is 16.0. The van der Waals surface area contributed by atoms with Gasteiger partial charge in [-0.3, -0.25) is 4.79 Å². The molecule has 0 atom stereocenters. The maximum absolute atomic E-state index is 12.0. The van der Waals surface area contributed by atoms with Crippen LogP contribution in [0.5, 0.6) is 0 Å². The molecule has 5 nitrogen and oxygen atoms in total. The van der Waals surface area contributed by atoms with Gasteiger partial charge in [-0.05, 0) is 37.8 Å². The van der Waals surface area contributed by atoms with E-state index in [1.165, 1.54) is 12.8 Å². The Balaban J connectivity index is 1.71. The predicted molar refractivity (Wildman–Crippen MR) is 86.0 cm³/mol. The molecule has 1 saturated carbocycles. The van der Waals surface area contributed by atoms with E-state index in [1.54, 1.807) is 24.3 Å². The van der Waals surface area contributed by atoms with Crippen molar-refractivity contribution in [3.8, 4) is 0 Å². The molecule has 1 fully saturated rings. The number of sulfonamides is 1. The molecule has 0 radical (unpaired) electrons. The zero-order valence-electron chi connectivity index (χ0n) is 13.0. The first-order valence-electron chi connectivity index (χ1n) is 7.80. The van der Waals surface area contributed by atoms with Crippen molar-refractivity contribution in [2.75, 3.05) is 13.1 Å². The largest absolute Gasteiger partial charge is 0.355 e. The molecule has 0 aliphatic heterocycles. The second-order valence-electron chi connectivity index (χ2n) is 5.92. The van der Waals surface area contributed by atoms with Crippen LogP contribution in [0.3, 0.4) is 0 Å². The molecule has 0 bridgehead atoms. The molecule has 1 aromatic carbocycles. The summed E-state index contributed by atoms with van der Waals surface area (Å²) in [7, 11) is -3.50. The van der Waals surface area contributed by atoms with Gasteiger partial charge in [0.1, 0.15) is 0 Å². The molecule has 6 heteroatoms. The minimum Gasteiger partial charge on any atom is -0.355 e. The van der Waals surface area contributed by atoms with Gasteiger partial charge in [0, 0.05) is 19.5 Å². The highest BCUT2D eigenvalue weighted by Gasteiger charge is 2.18. The first kappa shape index (κ1) is 17.0. The first-order valence-corrected chi connectivity index (χ1v) is 9.29. The summed E-state index contributed by atoms with van der Waals surface area (Å²) in [6.07, 6.45) is 5.26. The second kappa shape index (κ2) is 7.74. The fourth-order valence-corrected chi connectivity index (χ4v) is 3.77. The summed E-state index contributed by atoms with van der Waals surface area (Å²) in [5.74, 6) is 0.519. The molecule has 0 heterocycles. The average molecular weight is 324 g/mol. The van der Waals surface area contributed by atoms with Crippen LogP contribution in [0.4, 0.5) is 0 Å². The Morgan fingerprint density at radius 1 is 1.14 bits per heavy atom. The summed E-state index contributed by atoms with van der Waals surface area (Å²) in [6, 6.07) is 6.68.